The lowest BCUT2D eigenvalue weighted by Crippen LogP contribution is -2.31. The van der Waals surface area contributed by atoms with Crippen molar-refractivity contribution in [3.63, 3.8) is 0 Å². The van der Waals surface area contributed by atoms with Crippen LogP contribution in [0.5, 0.6) is 0 Å². The summed E-state index contributed by atoms with van der Waals surface area (Å²) in [7, 11) is 0. The molecule has 0 bridgehead atoms. The molecule has 0 heterocycles. The fourth-order valence-corrected chi connectivity index (χ4v) is 1.41. The summed E-state index contributed by atoms with van der Waals surface area (Å²) < 4.78 is 4.70. The summed E-state index contributed by atoms with van der Waals surface area (Å²) in [6.07, 6.45) is 2.82. The van der Waals surface area contributed by atoms with E-state index >= 15 is 0 Å². The van der Waals surface area contributed by atoms with Crippen molar-refractivity contribution in [3.05, 3.63) is 42.0 Å². The normalized spacial score (nSPS) is 10.2. The maximum absolute atomic E-state index is 11.5. The van der Waals surface area contributed by atoms with Crippen LogP contribution in [0, 0.1) is 0 Å². The molecule has 1 N–H and O–H groups in total. The second kappa shape index (κ2) is 8.63. The Balaban J connectivity index is 2.35. The molecule has 106 valence electrons. The zero-order valence-corrected chi connectivity index (χ0v) is 11.3. The third kappa shape index (κ3) is 5.95. The van der Waals surface area contributed by atoms with Gasteiger partial charge in [0.2, 0.25) is 5.78 Å². The highest BCUT2D eigenvalue weighted by atomic mass is 16.5. The number of ether oxygens (including phenoxy) is 1. The van der Waals surface area contributed by atoms with Crippen LogP contribution in [-0.2, 0) is 19.1 Å². The first kappa shape index (κ1) is 15.6. The summed E-state index contributed by atoms with van der Waals surface area (Å²) in [4.78, 5) is 34.0. The van der Waals surface area contributed by atoms with Crippen LogP contribution in [0.4, 0.5) is 0 Å². The number of carbonyl (C=O) groups is 3. The molecule has 0 atom stereocenters. The highest BCUT2D eigenvalue weighted by Gasteiger charge is 2.10. The van der Waals surface area contributed by atoms with Gasteiger partial charge in [-0.2, -0.15) is 0 Å². The van der Waals surface area contributed by atoms with Crippen molar-refractivity contribution >= 4 is 23.7 Å². The van der Waals surface area contributed by atoms with Gasteiger partial charge < -0.3 is 10.1 Å². The van der Waals surface area contributed by atoms with Crippen molar-refractivity contribution in [2.75, 3.05) is 13.2 Å². The Labute approximate surface area is 117 Å². The van der Waals surface area contributed by atoms with E-state index in [1.54, 1.807) is 13.0 Å². The Hall–Kier alpha value is -2.43. The van der Waals surface area contributed by atoms with Crippen LogP contribution in [0.3, 0.4) is 0 Å². The Morgan fingerprint density at radius 2 is 1.90 bits per heavy atom. The summed E-state index contributed by atoms with van der Waals surface area (Å²) in [5.74, 6) is -1.79. The molecule has 0 radical (unpaired) electrons. The Morgan fingerprint density at radius 1 is 1.20 bits per heavy atom. The van der Waals surface area contributed by atoms with Crippen molar-refractivity contribution < 1.29 is 19.1 Å². The predicted octanol–water partition coefficient (Wildman–Crippen LogP) is 1.34. The van der Waals surface area contributed by atoms with Gasteiger partial charge >= 0.3 is 5.97 Å². The SMILES string of the molecule is CCOC(=O)CCNC(=O)C(=O)/C=C/c1ccccc1. The molecule has 0 fully saturated rings. The molecule has 0 aliphatic rings. The third-order valence-electron chi connectivity index (χ3n) is 2.37. The average molecular weight is 275 g/mol. The molecular formula is C15H17NO4. The highest BCUT2D eigenvalue weighted by molar-refractivity contribution is 6.41. The second-order valence-corrected chi connectivity index (χ2v) is 3.92. The number of ketones is 1. The van der Waals surface area contributed by atoms with E-state index in [1.165, 1.54) is 6.08 Å². The van der Waals surface area contributed by atoms with E-state index in [9.17, 15) is 14.4 Å². The van der Waals surface area contributed by atoms with Crippen LogP contribution in [-0.4, -0.2) is 30.8 Å². The van der Waals surface area contributed by atoms with Gasteiger partial charge in [0.1, 0.15) is 0 Å². The molecule has 1 amide bonds. The van der Waals surface area contributed by atoms with Gasteiger partial charge in [-0.25, -0.2) is 0 Å². The lowest BCUT2D eigenvalue weighted by Gasteiger charge is -2.02. The fraction of sp³-hybridized carbons (Fsp3) is 0.267. The van der Waals surface area contributed by atoms with Gasteiger partial charge in [0.15, 0.2) is 0 Å². The first-order chi connectivity index (χ1) is 9.63. The molecule has 0 saturated carbocycles. The Kier molecular flexibility index (Phi) is 6.75. The van der Waals surface area contributed by atoms with Crippen molar-refractivity contribution in [2.45, 2.75) is 13.3 Å². The highest BCUT2D eigenvalue weighted by Crippen LogP contribution is 2.00. The summed E-state index contributed by atoms with van der Waals surface area (Å²) >= 11 is 0. The number of nitrogens with one attached hydrogen (secondary N) is 1. The molecule has 1 aromatic rings. The first-order valence-corrected chi connectivity index (χ1v) is 6.34. The van der Waals surface area contributed by atoms with Gasteiger partial charge in [0.05, 0.1) is 13.0 Å². The molecule has 20 heavy (non-hydrogen) atoms. The van der Waals surface area contributed by atoms with E-state index in [4.69, 9.17) is 4.74 Å². The largest absolute Gasteiger partial charge is 0.466 e. The van der Waals surface area contributed by atoms with Gasteiger partial charge in [0, 0.05) is 6.54 Å². The number of hydrogen-bond donors (Lipinski definition) is 1. The molecule has 1 aromatic carbocycles. The number of amides is 1. The fourth-order valence-electron chi connectivity index (χ4n) is 1.41. The van der Waals surface area contributed by atoms with E-state index in [0.717, 1.165) is 5.56 Å². The molecule has 0 saturated heterocycles. The zero-order chi connectivity index (χ0) is 14.8. The van der Waals surface area contributed by atoms with E-state index in [-0.39, 0.29) is 13.0 Å². The minimum absolute atomic E-state index is 0.0509. The van der Waals surface area contributed by atoms with Gasteiger partial charge in [-0.05, 0) is 18.6 Å². The molecule has 0 unspecified atom stereocenters. The summed E-state index contributed by atoms with van der Waals surface area (Å²) in [6, 6.07) is 9.18. The summed E-state index contributed by atoms with van der Waals surface area (Å²) in [6.45, 7) is 2.09. The maximum atomic E-state index is 11.5. The summed E-state index contributed by atoms with van der Waals surface area (Å²) in [5.41, 5.74) is 0.833. The third-order valence-corrected chi connectivity index (χ3v) is 2.37. The lowest BCUT2D eigenvalue weighted by atomic mass is 10.2. The molecule has 0 spiro atoms. The minimum Gasteiger partial charge on any atom is -0.466 e. The van der Waals surface area contributed by atoms with E-state index in [2.05, 4.69) is 5.32 Å². The van der Waals surface area contributed by atoms with E-state index in [0.29, 0.717) is 6.61 Å². The second-order valence-electron chi connectivity index (χ2n) is 3.92. The molecular weight excluding hydrogens is 258 g/mol. The predicted molar refractivity (Wildman–Crippen MR) is 74.7 cm³/mol. The number of hydrogen-bond acceptors (Lipinski definition) is 4. The van der Waals surface area contributed by atoms with Gasteiger partial charge in [-0.15, -0.1) is 0 Å². The van der Waals surface area contributed by atoms with Crippen molar-refractivity contribution in [2.24, 2.45) is 0 Å². The number of rotatable bonds is 7. The quantitative estimate of drug-likeness (QED) is 0.463. The number of esters is 1. The smallest absolute Gasteiger partial charge is 0.307 e. The molecule has 1 rings (SSSR count). The standard InChI is InChI=1S/C15H17NO4/c1-2-20-14(18)10-11-16-15(19)13(17)9-8-12-6-4-3-5-7-12/h3-9H,2,10-11H2,1H3,(H,16,19)/b9-8+. The van der Waals surface area contributed by atoms with Crippen molar-refractivity contribution in [1.82, 2.24) is 5.32 Å². The van der Waals surface area contributed by atoms with Crippen LogP contribution in [0.15, 0.2) is 36.4 Å². The molecule has 0 aliphatic heterocycles. The molecule has 5 nitrogen and oxygen atoms in total. The molecule has 0 aliphatic carbocycles. The topological polar surface area (TPSA) is 72.5 Å². The van der Waals surface area contributed by atoms with Gasteiger partial charge in [-0.1, -0.05) is 36.4 Å². The van der Waals surface area contributed by atoms with Gasteiger partial charge in [0.25, 0.3) is 5.91 Å². The van der Waals surface area contributed by atoms with Crippen molar-refractivity contribution in [3.8, 4) is 0 Å². The first-order valence-electron chi connectivity index (χ1n) is 6.34. The monoisotopic (exact) mass is 275 g/mol. The van der Waals surface area contributed by atoms with Crippen LogP contribution < -0.4 is 5.32 Å². The van der Waals surface area contributed by atoms with Crippen LogP contribution in [0.2, 0.25) is 0 Å². The average Bonchev–Trinajstić information content (AvgIpc) is 2.46. The maximum Gasteiger partial charge on any atom is 0.307 e. The zero-order valence-electron chi connectivity index (χ0n) is 11.3. The number of benzene rings is 1. The van der Waals surface area contributed by atoms with Crippen LogP contribution in [0.1, 0.15) is 18.9 Å². The van der Waals surface area contributed by atoms with Crippen LogP contribution >= 0.6 is 0 Å². The molecule has 5 heteroatoms. The van der Waals surface area contributed by atoms with Crippen molar-refractivity contribution in [1.29, 1.82) is 0 Å². The Bertz CT molecular complexity index is 494. The Morgan fingerprint density at radius 3 is 2.55 bits per heavy atom. The summed E-state index contributed by atoms with van der Waals surface area (Å²) in [5, 5.41) is 2.37. The minimum atomic E-state index is -0.735. The lowest BCUT2D eigenvalue weighted by molar-refractivity contribution is -0.143. The number of carbonyl (C=O) groups excluding carboxylic acids is 3. The van der Waals surface area contributed by atoms with Crippen LogP contribution in [0.25, 0.3) is 6.08 Å². The van der Waals surface area contributed by atoms with Gasteiger partial charge in [-0.3, -0.25) is 14.4 Å². The molecule has 0 aromatic heterocycles. The van der Waals surface area contributed by atoms with E-state index < -0.39 is 17.7 Å². The van der Waals surface area contributed by atoms with E-state index in [1.807, 2.05) is 30.3 Å².